The van der Waals surface area contributed by atoms with E-state index in [-0.39, 0.29) is 0 Å². The second kappa shape index (κ2) is 5.32. The third kappa shape index (κ3) is 2.04. The van der Waals surface area contributed by atoms with Crippen molar-refractivity contribution in [3.05, 3.63) is 81.6 Å². The normalized spacial score (nSPS) is 22.5. The molecule has 0 bridgehead atoms. The summed E-state index contributed by atoms with van der Waals surface area (Å²) in [5, 5.41) is 1.75. The topological polar surface area (TPSA) is 0 Å². The summed E-state index contributed by atoms with van der Waals surface area (Å²) in [5.41, 5.74) is 9.70. The van der Waals surface area contributed by atoms with E-state index >= 15 is 0 Å². The summed E-state index contributed by atoms with van der Waals surface area (Å²) in [7, 11) is -1.66. The summed E-state index contributed by atoms with van der Waals surface area (Å²) in [6, 6.07) is 18.0. The van der Waals surface area contributed by atoms with Crippen LogP contribution in [0.5, 0.6) is 0 Å². The van der Waals surface area contributed by atoms with Crippen molar-refractivity contribution in [3.63, 3.8) is 0 Å². The lowest BCUT2D eigenvalue weighted by Crippen LogP contribution is -2.39. The fraction of sp³-hybridized carbons (Fsp3) is 0.304. The van der Waals surface area contributed by atoms with Crippen molar-refractivity contribution in [3.8, 4) is 0 Å². The van der Waals surface area contributed by atoms with Gasteiger partial charge in [0.15, 0.2) is 0 Å². The second-order valence-electron chi connectivity index (χ2n) is 8.02. The van der Waals surface area contributed by atoms with E-state index in [9.17, 15) is 0 Å². The van der Waals surface area contributed by atoms with Crippen molar-refractivity contribution in [1.82, 2.24) is 0 Å². The standard InChI is InChI=1S/C23H26Si/c1-15-14-18-10-6-7-13-21(18)22(15)24(4,5)23-16(2)19-11-8-9-12-20(19)17(23)3/h6-14,16,22H,1-5H3. The maximum absolute atomic E-state index is 2.58. The number of fused-ring (bicyclic) bond motifs is 2. The van der Waals surface area contributed by atoms with Crippen LogP contribution in [0.15, 0.2) is 59.3 Å². The van der Waals surface area contributed by atoms with E-state index in [1.807, 2.05) is 0 Å². The van der Waals surface area contributed by atoms with Crippen LogP contribution in [0.3, 0.4) is 0 Å². The lowest BCUT2D eigenvalue weighted by molar-refractivity contribution is 0.939. The smallest absolute Gasteiger partial charge is 0.0694 e. The second-order valence-corrected chi connectivity index (χ2v) is 12.6. The minimum atomic E-state index is -1.66. The third-order valence-electron chi connectivity index (χ3n) is 6.23. The van der Waals surface area contributed by atoms with Crippen LogP contribution in [-0.4, -0.2) is 8.07 Å². The minimum absolute atomic E-state index is 0.559. The monoisotopic (exact) mass is 330 g/mol. The van der Waals surface area contributed by atoms with Crippen molar-refractivity contribution >= 4 is 19.7 Å². The predicted octanol–water partition coefficient (Wildman–Crippen LogP) is 6.56. The Morgan fingerprint density at radius 3 is 2.17 bits per heavy atom. The summed E-state index contributed by atoms with van der Waals surface area (Å²) in [6.07, 6.45) is 2.41. The van der Waals surface area contributed by atoms with Crippen LogP contribution in [0.4, 0.5) is 0 Å². The van der Waals surface area contributed by atoms with Gasteiger partial charge in [-0.2, -0.15) is 0 Å². The van der Waals surface area contributed by atoms with Crippen LogP contribution in [-0.2, 0) is 0 Å². The van der Waals surface area contributed by atoms with Crippen LogP contribution >= 0.6 is 0 Å². The van der Waals surface area contributed by atoms with Gasteiger partial charge in [0.25, 0.3) is 0 Å². The Morgan fingerprint density at radius 2 is 1.46 bits per heavy atom. The van der Waals surface area contributed by atoms with Gasteiger partial charge in [0, 0.05) is 5.54 Å². The molecule has 4 rings (SSSR count). The van der Waals surface area contributed by atoms with E-state index < -0.39 is 8.07 Å². The number of allylic oxidation sites excluding steroid dienone is 3. The first-order valence-electron chi connectivity index (χ1n) is 9.00. The first-order chi connectivity index (χ1) is 11.4. The molecule has 0 nitrogen and oxygen atoms in total. The van der Waals surface area contributed by atoms with Gasteiger partial charge in [-0.25, -0.2) is 0 Å². The van der Waals surface area contributed by atoms with Crippen LogP contribution in [0.2, 0.25) is 13.1 Å². The molecule has 2 aromatic carbocycles. The highest BCUT2D eigenvalue weighted by Gasteiger charge is 2.45. The number of hydrogen-bond acceptors (Lipinski definition) is 0. The summed E-state index contributed by atoms with van der Waals surface area (Å²) in [5.74, 6) is 0.559. The molecule has 2 aromatic rings. The lowest BCUT2D eigenvalue weighted by Gasteiger charge is -2.36. The molecule has 0 saturated carbocycles. The Kier molecular flexibility index (Phi) is 3.47. The Morgan fingerprint density at radius 1 is 0.833 bits per heavy atom. The number of benzene rings is 2. The maximum atomic E-state index is 2.58. The van der Waals surface area contributed by atoms with Crippen molar-refractivity contribution in [2.24, 2.45) is 0 Å². The van der Waals surface area contributed by atoms with Gasteiger partial charge in [-0.1, -0.05) is 85.4 Å². The molecule has 0 radical (unpaired) electrons. The molecule has 0 amide bonds. The van der Waals surface area contributed by atoms with Crippen LogP contribution in [0.25, 0.3) is 11.6 Å². The molecule has 2 aliphatic rings. The Hall–Kier alpha value is -1.86. The van der Waals surface area contributed by atoms with Crippen molar-refractivity contribution in [2.75, 3.05) is 0 Å². The average Bonchev–Trinajstić information content (AvgIpc) is 3.02. The molecule has 0 aliphatic heterocycles. The first-order valence-corrected chi connectivity index (χ1v) is 12.1. The van der Waals surface area contributed by atoms with Gasteiger partial charge < -0.3 is 0 Å². The summed E-state index contributed by atoms with van der Waals surface area (Å²) < 4.78 is 0. The SMILES string of the molecule is CC1=Cc2ccccc2C1[Si](C)(C)C1=C(C)c2ccccc2C1C. The van der Waals surface area contributed by atoms with E-state index in [4.69, 9.17) is 0 Å². The Balaban J connectivity index is 1.86. The molecule has 2 aliphatic carbocycles. The lowest BCUT2D eigenvalue weighted by atomic mass is 10.0. The van der Waals surface area contributed by atoms with Crippen LogP contribution in [0.1, 0.15) is 54.5 Å². The van der Waals surface area contributed by atoms with Crippen molar-refractivity contribution in [2.45, 2.75) is 45.3 Å². The summed E-state index contributed by atoms with van der Waals surface area (Å²) in [6.45, 7) is 12.3. The molecule has 0 saturated heterocycles. The molecule has 2 unspecified atom stereocenters. The third-order valence-corrected chi connectivity index (χ3v) is 10.6. The fourth-order valence-corrected chi connectivity index (χ4v) is 10.4. The van der Waals surface area contributed by atoms with Gasteiger partial charge in [-0.15, -0.1) is 0 Å². The summed E-state index contributed by atoms with van der Waals surface area (Å²) >= 11 is 0. The van der Waals surface area contributed by atoms with Crippen LogP contribution in [0, 0.1) is 0 Å². The zero-order valence-electron chi connectivity index (χ0n) is 15.4. The number of rotatable bonds is 2. The zero-order chi connectivity index (χ0) is 17.1. The van der Waals surface area contributed by atoms with E-state index in [2.05, 4.69) is 88.5 Å². The average molecular weight is 331 g/mol. The molecule has 24 heavy (non-hydrogen) atoms. The predicted molar refractivity (Wildman–Crippen MR) is 108 cm³/mol. The molecular weight excluding hydrogens is 304 g/mol. The maximum Gasteiger partial charge on any atom is 0.0884 e. The molecule has 2 atom stereocenters. The quantitative estimate of drug-likeness (QED) is 0.547. The van der Waals surface area contributed by atoms with E-state index in [0.717, 1.165) is 0 Å². The van der Waals surface area contributed by atoms with Gasteiger partial charge in [-0.05, 0) is 47.6 Å². The van der Waals surface area contributed by atoms with E-state index in [1.165, 1.54) is 16.7 Å². The first kappa shape index (κ1) is 15.7. The van der Waals surface area contributed by atoms with Gasteiger partial charge in [-0.3, -0.25) is 0 Å². The Labute approximate surface area is 146 Å². The zero-order valence-corrected chi connectivity index (χ0v) is 16.4. The molecule has 0 fully saturated rings. The molecule has 0 N–H and O–H groups in total. The van der Waals surface area contributed by atoms with Crippen molar-refractivity contribution < 1.29 is 0 Å². The van der Waals surface area contributed by atoms with Gasteiger partial charge in [0.05, 0.1) is 8.07 Å². The fourth-order valence-electron chi connectivity index (χ4n) is 5.48. The number of hydrogen-bond donors (Lipinski definition) is 0. The molecule has 1 heteroatoms. The highest BCUT2D eigenvalue weighted by atomic mass is 28.3. The molecule has 0 spiro atoms. The molecule has 0 heterocycles. The van der Waals surface area contributed by atoms with Gasteiger partial charge in [0.1, 0.15) is 0 Å². The minimum Gasteiger partial charge on any atom is -0.0694 e. The molecule has 0 aromatic heterocycles. The van der Waals surface area contributed by atoms with Gasteiger partial charge in [0.2, 0.25) is 0 Å². The highest BCUT2D eigenvalue weighted by Crippen LogP contribution is 2.52. The van der Waals surface area contributed by atoms with E-state index in [0.29, 0.717) is 11.5 Å². The largest absolute Gasteiger partial charge is 0.0884 e. The van der Waals surface area contributed by atoms with Gasteiger partial charge >= 0.3 is 0 Å². The molecule has 122 valence electrons. The highest BCUT2D eigenvalue weighted by molar-refractivity contribution is 6.87. The van der Waals surface area contributed by atoms with Crippen molar-refractivity contribution in [1.29, 1.82) is 0 Å². The molecular formula is C23H26Si. The summed E-state index contributed by atoms with van der Waals surface area (Å²) in [4.78, 5) is 0. The van der Waals surface area contributed by atoms with Crippen LogP contribution < -0.4 is 0 Å². The van der Waals surface area contributed by atoms with E-state index in [1.54, 1.807) is 21.9 Å². The Bertz CT molecular complexity index is 882.